The van der Waals surface area contributed by atoms with Crippen LogP contribution in [-0.2, 0) is 22.5 Å². The van der Waals surface area contributed by atoms with E-state index in [1.165, 1.54) is 11.3 Å². The first-order chi connectivity index (χ1) is 9.90. The highest BCUT2D eigenvalue weighted by atomic mass is 32.1. The van der Waals surface area contributed by atoms with E-state index in [1.807, 2.05) is 6.92 Å². The number of aliphatic carboxylic acids is 1. The monoisotopic (exact) mass is 320 g/mol. The van der Waals surface area contributed by atoms with Crippen molar-refractivity contribution in [2.24, 2.45) is 5.73 Å². The summed E-state index contributed by atoms with van der Waals surface area (Å²) in [6.45, 7) is 2.52. The third kappa shape index (κ3) is 6.91. The van der Waals surface area contributed by atoms with Crippen molar-refractivity contribution in [3.05, 3.63) is 15.6 Å². The summed E-state index contributed by atoms with van der Waals surface area (Å²) in [4.78, 5) is 20.4. The van der Waals surface area contributed by atoms with Gasteiger partial charge in [0.05, 0.1) is 22.7 Å². The number of aryl methyl sites for hydroxylation is 2. The first-order valence-corrected chi connectivity index (χ1v) is 7.19. The van der Waals surface area contributed by atoms with E-state index < -0.39 is 12.1 Å². The molecule has 0 aliphatic rings. The SMILES string of the molecule is Cc1nc(CCCN[C@H](N)C(=O)O)sc1CCON(O)O. The van der Waals surface area contributed by atoms with E-state index in [-0.39, 0.29) is 12.0 Å². The normalized spacial score (nSPS) is 12.8. The van der Waals surface area contributed by atoms with Crippen LogP contribution in [0.1, 0.15) is 22.0 Å². The number of nitrogens with zero attached hydrogens (tertiary/aromatic N) is 2. The Morgan fingerprint density at radius 3 is 2.86 bits per heavy atom. The lowest BCUT2D eigenvalue weighted by Crippen LogP contribution is -2.44. The molecule has 1 heterocycles. The molecule has 0 saturated heterocycles. The Balaban J connectivity index is 2.31. The largest absolute Gasteiger partial charge is 0.479 e. The van der Waals surface area contributed by atoms with Crippen LogP contribution in [-0.4, -0.2) is 51.2 Å². The lowest BCUT2D eigenvalue weighted by molar-refractivity contribution is -0.492. The van der Waals surface area contributed by atoms with Crippen LogP contribution in [0.15, 0.2) is 0 Å². The average Bonchev–Trinajstić information content (AvgIpc) is 2.74. The number of thiazole rings is 1. The second-order valence-electron chi connectivity index (χ2n) is 4.33. The number of nitrogens with two attached hydrogens (primary N) is 1. The Morgan fingerprint density at radius 1 is 1.52 bits per heavy atom. The van der Waals surface area contributed by atoms with Gasteiger partial charge in [0.15, 0.2) is 6.17 Å². The van der Waals surface area contributed by atoms with Crippen molar-refractivity contribution in [2.75, 3.05) is 13.2 Å². The number of rotatable bonds is 10. The standard InChI is InChI=1S/C11H20N4O5S/c1-7-8(4-6-20-15(18)19)21-9(14-7)3-2-5-13-10(12)11(16)17/h10,13,18-19H,2-6,12H2,1H3,(H,16,17)/t10-/m0/s1. The van der Waals surface area contributed by atoms with Crippen molar-refractivity contribution < 1.29 is 25.2 Å². The molecule has 0 amide bonds. The lowest BCUT2D eigenvalue weighted by Gasteiger charge is -2.07. The molecule has 1 aromatic heterocycles. The van der Waals surface area contributed by atoms with Gasteiger partial charge in [-0.25, -0.2) is 9.78 Å². The van der Waals surface area contributed by atoms with Crippen molar-refractivity contribution >= 4 is 17.3 Å². The van der Waals surface area contributed by atoms with Gasteiger partial charge in [-0.1, -0.05) is 0 Å². The number of hydrogen-bond acceptors (Lipinski definition) is 9. The maximum Gasteiger partial charge on any atom is 0.335 e. The predicted octanol–water partition coefficient (Wildman–Crippen LogP) is -0.102. The highest BCUT2D eigenvalue weighted by molar-refractivity contribution is 7.11. The summed E-state index contributed by atoms with van der Waals surface area (Å²) >= 11 is 1.53. The minimum atomic E-state index is -1.08. The zero-order chi connectivity index (χ0) is 15.8. The van der Waals surface area contributed by atoms with Crippen LogP contribution in [0, 0.1) is 6.92 Å². The summed E-state index contributed by atoms with van der Waals surface area (Å²) in [6, 6.07) is 0. The molecule has 0 aliphatic heterocycles. The van der Waals surface area contributed by atoms with E-state index in [2.05, 4.69) is 15.1 Å². The van der Waals surface area contributed by atoms with E-state index >= 15 is 0 Å². The minimum absolute atomic E-state index is 0.143. The third-order valence-corrected chi connectivity index (χ3v) is 3.95. The molecule has 0 bridgehead atoms. The quantitative estimate of drug-likeness (QED) is 0.227. The number of carbonyl (C=O) groups is 1. The molecule has 21 heavy (non-hydrogen) atoms. The number of aromatic nitrogens is 1. The molecule has 6 N–H and O–H groups in total. The third-order valence-electron chi connectivity index (χ3n) is 2.67. The van der Waals surface area contributed by atoms with E-state index in [4.69, 9.17) is 21.3 Å². The van der Waals surface area contributed by atoms with Gasteiger partial charge in [0.2, 0.25) is 0 Å². The maximum absolute atomic E-state index is 10.5. The smallest absolute Gasteiger partial charge is 0.335 e. The maximum atomic E-state index is 10.5. The number of carboxylic acids is 1. The Morgan fingerprint density at radius 2 is 2.24 bits per heavy atom. The van der Waals surface area contributed by atoms with Gasteiger partial charge in [-0.2, -0.15) is 0 Å². The molecular formula is C11H20N4O5S. The van der Waals surface area contributed by atoms with Gasteiger partial charge in [0, 0.05) is 17.7 Å². The molecule has 1 rings (SSSR count). The van der Waals surface area contributed by atoms with Crippen LogP contribution in [0.3, 0.4) is 0 Å². The molecule has 0 radical (unpaired) electrons. The van der Waals surface area contributed by atoms with Gasteiger partial charge in [0.1, 0.15) is 0 Å². The molecule has 0 fully saturated rings. The number of nitrogens with one attached hydrogen (secondary N) is 1. The van der Waals surface area contributed by atoms with Gasteiger partial charge >= 0.3 is 5.97 Å². The molecule has 1 aromatic rings. The second kappa shape index (κ2) is 9.00. The van der Waals surface area contributed by atoms with Crippen LogP contribution in [0.25, 0.3) is 0 Å². The van der Waals surface area contributed by atoms with E-state index in [0.29, 0.717) is 13.0 Å². The van der Waals surface area contributed by atoms with Gasteiger partial charge < -0.3 is 10.8 Å². The molecule has 1 atom stereocenters. The Hall–Kier alpha value is -1.14. The summed E-state index contributed by atoms with van der Waals surface area (Å²) in [7, 11) is 0. The van der Waals surface area contributed by atoms with Gasteiger partial charge in [-0.3, -0.25) is 20.6 Å². The van der Waals surface area contributed by atoms with Crippen molar-refractivity contribution in [3.8, 4) is 0 Å². The molecule has 10 heteroatoms. The summed E-state index contributed by atoms with van der Waals surface area (Å²) in [5, 5.41) is 28.8. The fourth-order valence-corrected chi connectivity index (χ4v) is 2.72. The number of carboxylic acid groups (broad SMARTS) is 1. The lowest BCUT2D eigenvalue weighted by atomic mass is 10.3. The Bertz CT molecular complexity index is 454. The van der Waals surface area contributed by atoms with E-state index in [0.717, 1.165) is 28.4 Å². The molecule has 0 aromatic carbocycles. The predicted molar refractivity (Wildman–Crippen MR) is 73.9 cm³/mol. The van der Waals surface area contributed by atoms with Crippen molar-refractivity contribution in [3.63, 3.8) is 0 Å². The minimum Gasteiger partial charge on any atom is -0.479 e. The van der Waals surface area contributed by atoms with Crippen LogP contribution in [0.5, 0.6) is 0 Å². The Labute approximate surface area is 125 Å². The number of hydrogen-bond donors (Lipinski definition) is 5. The van der Waals surface area contributed by atoms with Gasteiger partial charge in [0.25, 0.3) is 0 Å². The van der Waals surface area contributed by atoms with E-state index in [1.54, 1.807) is 0 Å². The van der Waals surface area contributed by atoms with Gasteiger partial charge in [-0.15, -0.1) is 11.3 Å². The van der Waals surface area contributed by atoms with Crippen LogP contribution in [0.2, 0.25) is 0 Å². The first-order valence-electron chi connectivity index (χ1n) is 6.38. The van der Waals surface area contributed by atoms with Crippen molar-refractivity contribution in [2.45, 2.75) is 32.4 Å². The van der Waals surface area contributed by atoms with Crippen molar-refractivity contribution in [1.82, 2.24) is 15.7 Å². The zero-order valence-corrected chi connectivity index (χ0v) is 12.5. The fourth-order valence-electron chi connectivity index (χ4n) is 1.63. The van der Waals surface area contributed by atoms with Crippen LogP contribution < -0.4 is 11.1 Å². The molecular weight excluding hydrogens is 300 g/mol. The topological polar surface area (TPSA) is 141 Å². The van der Waals surface area contributed by atoms with Crippen molar-refractivity contribution in [1.29, 1.82) is 0 Å². The highest BCUT2D eigenvalue weighted by Gasteiger charge is 2.11. The zero-order valence-electron chi connectivity index (χ0n) is 11.7. The van der Waals surface area contributed by atoms with Gasteiger partial charge in [-0.05, 0) is 19.9 Å². The van der Waals surface area contributed by atoms with Crippen LogP contribution >= 0.6 is 11.3 Å². The second-order valence-corrected chi connectivity index (χ2v) is 5.49. The summed E-state index contributed by atoms with van der Waals surface area (Å²) in [5.74, 6) is -1.08. The molecule has 120 valence electrons. The molecule has 0 saturated carbocycles. The molecule has 0 aliphatic carbocycles. The highest BCUT2D eigenvalue weighted by Crippen LogP contribution is 2.19. The summed E-state index contributed by atoms with van der Waals surface area (Å²) in [5.41, 5.74) is 6.21. The average molecular weight is 320 g/mol. The summed E-state index contributed by atoms with van der Waals surface area (Å²) < 4.78 is 0. The molecule has 0 unspecified atom stereocenters. The Kier molecular flexibility index (Phi) is 7.67. The molecule has 9 nitrogen and oxygen atoms in total. The fraction of sp³-hybridized carbons (Fsp3) is 0.636. The van der Waals surface area contributed by atoms with Crippen LogP contribution in [0.4, 0.5) is 0 Å². The molecule has 0 spiro atoms. The van der Waals surface area contributed by atoms with E-state index in [9.17, 15) is 4.79 Å². The summed E-state index contributed by atoms with van der Waals surface area (Å²) in [6.07, 6.45) is 0.932. The first kappa shape index (κ1) is 17.9.